The van der Waals surface area contributed by atoms with E-state index in [9.17, 15) is 14.7 Å². The summed E-state index contributed by atoms with van der Waals surface area (Å²) < 4.78 is 7.48. The topological polar surface area (TPSA) is 149 Å². The van der Waals surface area contributed by atoms with Gasteiger partial charge in [-0.3, -0.25) is 19.1 Å². The van der Waals surface area contributed by atoms with Crippen LogP contribution in [0.1, 0.15) is 32.9 Å². The van der Waals surface area contributed by atoms with E-state index >= 15 is 0 Å². The molecule has 1 fully saturated rings. The summed E-state index contributed by atoms with van der Waals surface area (Å²) in [6.07, 6.45) is -0.686. The van der Waals surface area contributed by atoms with Crippen LogP contribution in [-0.4, -0.2) is 37.9 Å². The zero-order valence-electron chi connectivity index (χ0n) is 13.4. The lowest BCUT2D eigenvalue weighted by Crippen LogP contribution is -2.34. The summed E-state index contributed by atoms with van der Waals surface area (Å²) in [5.74, 6) is -0.256. The van der Waals surface area contributed by atoms with E-state index in [1.807, 2.05) is 13.8 Å². The molecule has 24 heavy (non-hydrogen) atoms. The molecular weight excluding hydrogens is 334 g/mol. The van der Waals surface area contributed by atoms with Crippen molar-refractivity contribution in [2.45, 2.75) is 51.2 Å². The van der Waals surface area contributed by atoms with Gasteiger partial charge in [0.25, 0.3) is 5.56 Å². The first-order chi connectivity index (χ1) is 11.3. The van der Waals surface area contributed by atoms with Gasteiger partial charge < -0.3 is 21.3 Å². The van der Waals surface area contributed by atoms with E-state index in [0.29, 0.717) is 12.8 Å². The van der Waals surface area contributed by atoms with E-state index in [1.54, 1.807) is 0 Å². The van der Waals surface area contributed by atoms with Crippen molar-refractivity contribution in [3.63, 3.8) is 0 Å². The van der Waals surface area contributed by atoms with Gasteiger partial charge in [-0.05, 0) is 19.8 Å². The van der Waals surface area contributed by atoms with Crippen molar-refractivity contribution >= 4 is 27.6 Å². The second-order valence-electron chi connectivity index (χ2n) is 6.14. The number of nitrogens with zero attached hydrogens (tertiary/aromatic N) is 2. The van der Waals surface area contributed by atoms with E-state index in [2.05, 4.69) is 9.97 Å². The van der Waals surface area contributed by atoms with Crippen LogP contribution in [0.4, 0.5) is 5.95 Å². The molecule has 1 unspecified atom stereocenters. The highest BCUT2D eigenvalue weighted by Gasteiger charge is 2.42. The van der Waals surface area contributed by atoms with Crippen molar-refractivity contribution in [3.8, 4) is 0 Å². The maximum Gasteiger partial charge on any atom is 0.311 e. The minimum absolute atomic E-state index is 0.0699. The Morgan fingerprint density at radius 3 is 2.88 bits per heavy atom. The smallest absolute Gasteiger partial charge is 0.311 e. The van der Waals surface area contributed by atoms with Crippen molar-refractivity contribution in [3.05, 3.63) is 20.0 Å². The van der Waals surface area contributed by atoms with Gasteiger partial charge in [0.15, 0.2) is 5.65 Å². The third-order valence-corrected chi connectivity index (χ3v) is 5.40. The first kappa shape index (κ1) is 17.1. The van der Waals surface area contributed by atoms with Gasteiger partial charge in [-0.1, -0.05) is 18.3 Å². The molecule has 1 aliphatic rings. The summed E-state index contributed by atoms with van der Waals surface area (Å²) >= 11 is 0.792. The molecule has 0 spiro atoms. The summed E-state index contributed by atoms with van der Waals surface area (Å²) in [6.45, 7) is 3.69. The van der Waals surface area contributed by atoms with E-state index in [1.165, 1.54) is 4.57 Å². The molecule has 0 aromatic carbocycles. The number of aromatic nitrogens is 3. The number of ether oxygens (including phenoxy) is 1. The van der Waals surface area contributed by atoms with Crippen molar-refractivity contribution in [1.82, 2.24) is 14.5 Å². The first-order valence-electron chi connectivity index (χ1n) is 7.83. The van der Waals surface area contributed by atoms with E-state index in [0.717, 1.165) is 11.3 Å². The summed E-state index contributed by atoms with van der Waals surface area (Å²) in [6, 6.07) is -0.259. The van der Waals surface area contributed by atoms with E-state index < -0.39 is 24.0 Å². The maximum atomic E-state index is 12.5. The van der Waals surface area contributed by atoms with Crippen molar-refractivity contribution in [1.29, 1.82) is 0 Å². The summed E-state index contributed by atoms with van der Waals surface area (Å²) in [5, 5.41) is 10.1. The number of thiazole rings is 1. The van der Waals surface area contributed by atoms with Crippen LogP contribution in [0.3, 0.4) is 0 Å². The van der Waals surface area contributed by atoms with Crippen LogP contribution in [-0.2, 0) is 4.74 Å². The fourth-order valence-electron chi connectivity index (χ4n) is 3.13. The SMILES string of the molecule is CC[C@H](O)C1C[C@@H]([C@@H](C)N)[C@H](n2c(=O)sc3c(=O)[nH]c(N)nc32)O1. The fraction of sp³-hybridized carbons (Fsp3) is 0.643. The predicted molar refractivity (Wildman–Crippen MR) is 90.9 cm³/mol. The van der Waals surface area contributed by atoms with Gasteiger partial charge in [0, 0.05) is 12.0 Å². The Hall–Kier alpha value is -1.75. The Morgan fingerprint density at radius 2 is 2.25 bits per heavy atom. The quantitative estimate of drug-likeness (QED) is 0.590. The number of nitrogen functional groups attached to an aromatic ring is 1. The molecule has 2 aromatic rings. The largest absolute Gasteiger partial charge is 0.390 e. The van der Waals surface area contributed by atoms with Gasteiger partial charge in [0.05, 0.1) is 12.2 Å². The molecule has 3 heterocycles. The number of nitrogens with one attached hydrogen (secondary N) is 1. The molecule has 9 nitrogen and oxygen atoms in total. The van der Waals surface area contributed by atoms with Gasteiger partial charge in [-0.2, -0.15) is 4.98 Å². The van der Waals surface area contributed by atoms with Crippen LogP contribution in [0, 0.1) is 5.92 Å². The second-order valence-corrected chi connectivity index (χ2v) is 7.10. The third-order valence-electron chi connectivity index (χ3n) is 4.45. The van der Waals surface area contributed by atoms with Crippen LogP contribution in [0.5, 0.6) is 0 Å². The van der Waals surface area contributed by atoms with Crippen molar-refractivity contribution in [2.75, 3.05) is 5.73 Å². The lowest BCUT2D eigenvalue weighted by Gasteiger charge is -2.22. The molecule has 1 aliphatic heterocycles. The van der Waals surface area contributed by atoms with E-state index in [-0.39, 0.29) is 33.1 Å². The van der Waals surface area contributed by atoms with Gasteiger partial charge in [-0.25, -0.2) is 0 Å². The Bertz CT molecular complexity index is 857. The fourth-order valence-corrected chi connectivity index (χ4v) is 3.97. The summed E-state index contributed by atoms with van der Waals surface area (Å²) in [7, 11) is 0. The molecule has 5 atom stereocenters. The third kappa shape index (κ3) is 2.75. The van der Waals surface area contributed by atoms with Crippen molar-refractivity contribution in [2.24, 2.45) is 11.7 Å². The van der Waals surface area contributed by atoms with Gasteiger partial charge in [-0.15, -0.1) is 0 Å². The Morgan fingerprint density at radius 1 is 1.54 bits per heavy atom. The normalized spacial score (nSPS) is 26.8. The molecule has 2 aromatic heterocycles. The highest BCUT2D eigenvalue weighted by molar-refractivity contribution is 7.16. The molecular formula is C14H21N5O4S. The van der Waals surface area contributed by atoms with Crippen LogP contribution in [0.25, 0.3) is 10.3 Å². The predicted octanol–water partition coefficient (Wildman–Crippen LogP) is -0.250. The number of aromatic amines is 1. The number of hydrogen-bond acceptors (Lipinski definition) is 8. The van der Waals surface area contributed by atoms with Gasteiger partial charge in [0.1, 0.15) is 10.9 Å². The minimum atomic E-state index is -0.689. The minimum Gasteiger partial charge on any atom is -0.390 e. The number of rotatable bonds is 4. The number of nitrogens with two attached hydrogens (primary N) is 2. The molecule has 6 N–H and O–H groups in total. The monoisotopic (exact) mass is 355 g/mol. The number of fused-ring (bicyclic) bond motifs is 1. The van der Waals surface area contributed by atoms with Crippen LogP contribution < -0.4 is 21.9 Å². The first-order valence-corrected chi connectivity index (χ1v) is 8.65. The Kier molecular flexibility index (Phi) is 4.47. The molecule has 0 aliphatic carbocycles. The van der Waals surface area contributed by atoms with Crippen molar-refractivity contribution < 1.29 is 9.84 Å². The lowest BCUT2D eigenvalue weighted by atomic mass is 9.94. The number of aliphatic hydroxyl groups excluding tert-OH is 1. The molecule has 0 bridgehead atoms. The molecule has 0 amide bonds. The Labute approximate surface area is 141 Å². The number of anilines is 1. The summed E-state index contributed by atoms with van der Waals surface area (Å²) in [4.78, 5) is 30.6. The second kappa shape index (κ2) is 6.28. The molecule has 0 saturated carbocycles. The number of aliphatic hydroxyl groups is 1. The Balaban J connectivity index is 2.13. The van der Waals surface area contributed by atoms with Crippen LogP contribution in [0.15, 0.2) is 9.59 Å². The molecule has 10 heteroatoms. The number of hydrogen-bond donors (Lipinski definition) is 4. The summed E-state index contributed by atoms with van der Waals surface area (Å²) in [5.41, 5.74) is 11.4. The lowest BCUT2D eigenvalue weighted by molar-refractivity contribution is -0.0664. The number of H-pyrrole nitrogens is 1. The average Bonchev–Trinajstić information content (AvgIpc) is 3.07. The van der Waals surface area contributed by atoms with E-state index in [4.69, 9.17) is 16.2 Å². The van der Waals surface area contributed by atoms with Gasteiger partial charge in [0.2, 0.25) is 5.95 Å². The molecule has 0 radical (unpaired) electrons. The van der Waals surface area contributed by atoms with Gasteiger partial charge >= 0.3 is 4.87 Å². The van der Waals surface area contributed by atoms with Crippen LogP contribution >= 0.6 is 11.3 Å². The maximum absolute atomic E-state index is 12.5. The molecule has 3 rings (SSSR count). The zero-order chi connectivity index (χ0) is 17.6. The molecule has 1 saturated heterocycles. The average molecular weight is 355 g/mol. The zero-order valence-corrected chi connectivity index (χ0v) is 14.2. The highest BCUT2D eigenvalue weighted by atomic mass is 32.1. The standard InChI is InChI=1S/C14H21N5O4S/c1-3-7(20)8-4-6(5(2)15)12(23-8)19-10-9(24-14(19)22)11(21)18-13(16)17-10/h5-8,12,20H,3-4,15H2,1-2H3,(H3,16,17,18,21)/t5-,6+,7+,8?,12-/m1/s1. The van der Waals surface area contributed by atoms with Crippen LogP contribution in [0.2, 0.25) is 0 Å². The molecule has 132 valence electrons. The highest BCUT2D eigenvalue weighted by Crippen LogP contribution is 2.38.